The second kappa shape index (κ2) is 7.82. The highest BCUT2D eigenvalue weighted by Gasteiger charge is 2.01. The van der Waals surface area contributed by atoms with Gasteiger partial charge in [0.25, 0.3) is 0 Å². The number of carbonyl (C=O) groups is 2. The highest BCUT2D eigenvalue weighted by Crippen LogP contribution is 2.22. The van der Waals surface area contributed by atoms with Crippen LogP contribution in [0.15, 0.2) is 48.5 Å². The van der Waals surface area contributed by atoms with Crippen molar-refractivity contribution in [3.8, 4) is 5.75 Å². The highest BCUT2D eigenvalue weighted by molar-refractivity contribution is 6.02. The molecule has 124 valence electrons. The molecule has 6 heteroatoms. The van der Waals surface area contributed by atoms with E-state index in [2.05, 4.69) is 10.6 Å². The molecule has 0 bridgehead atoms. The smallest absolute Gasteiger partial charge is 0.248 e. The lowest BCUT2D eigenvalue weighted by atomic mass is 10.1. The van der Waals surface area contributed by atoms with E-state index in [9.17, 15) is 9.59 Å². The number of carbonyl (C=O) groups excluding carboxylic acids is 2. The van der Waals surface area contributed by atoms with Gasteiger partial charge >= 0.3 is 0 Å². The summed E-state index contributed by atoms with van der Waals surface area (Å²) in [5, 5.41) is 5.39. The van der Waals surface area contributed by atoms with Crippen LogP contribution in [0.5, 0.6) is 5.75 Å². The molecule has 2 aromatic carbocycles. The summed E-state index contributed by atoms with van der Waals surface area (Å²) in [6, 6.07) is 12.1. The van der Waals surface area contributed by atoms with Crippen LogP contribution in [0.2, 0.25) is 0 Å². The number of rotatable bonds is 5. The van der Waals surface area contributed by atoms with Crippen molar-refractivity contribution in [1.82, 2.24) is 0 Å². The topological polar surface area (TPSA) is 93.5 Å². The Balaban J connectivity index is 1.97. The van der Waals surface area contributed by atoms with Crippen molar-refractivity contribution in [2.75, 3.05) is 23.5 Å². The first kappa shape index (κ1) is 17.1. The first-order valence-corrected chi connectivity index (χ1v) is 7.28. The lowest BCUT2D eigenvalue weighted by Crippen LogP contribution is -2.08. The number of nitrogen functional groups attached to an aromatic ring is 1. The van der Waals surface area contributed by atoms with Crippen molar-refractivity contribution >= 4 is 35.0 Å². The fraction of sp³-hybridized carbons (Fsp3) is 0.111. The summed E-state index contributed by atoms with van der Waals surface area (Å²) in [6.45, 7) is 1.44. The number of ether oxygens (including phenoxy) is 1. The molecule has 0 aliphatic carbocycles. The van der Waals surface area contributed by atoms with Gasteiger partial charge < -0.3 is 21.1 Å². The lowest BCUT2D eigenvalue weighted by molar-refractivity contribution is -0.114. The number of methoxy groups -OCH3 is 1. The third-order valence-corrected chi connectivity index (χ3v) is 3.15. The molecule has 0 saturated carbocycles. The van der Waals surface area contributed by atoms with Crippen molar-refractivity contribution in [2.45, 2.75) is 6.92 Å². The minimum atomic E-state index is -0.267. The van der Waals surface area contributed by atoms with E-state index < -0.39 is 0 Å². The SMILES string of the molecule is COc1ccc(/C=C\C(=O)Nc2ccc(NC(C)=O)cc2)cc1N. The zero-order valence-electron chi connectivity index (χ0n) is 13.5. The average Bonchev–Trinajstić information content (AvgIpc) is 2.54. The molecule has 0 saturated heterocycles. The molecule has 0 aliphatic heterocycles. The van der Waals surface area contributed by atoms with Crippen LogP contribution in [-0.4, -0.2) is 18.9 Å². The van der Waals surface area contributed by atoms with Crippen LogP contribution >= 0.6 is 0 Å². The monoisotopic (exact) mass is 325 g/mol. The fourth-order valence-corrected chi connectivity index (χ4v) is 2.05. The molecular weight excluding hydrogens is 306 g/mol. The molecule has 0 unspecified atom stereocenters. The van der Waals surface area contributed by atoms with Crippen LogP contribution in [0.25, 0.3) is 6.08 Å². The van der Waals surface area contributed by atoms with E-state index in [0.717, 1.165) is 5.56 Å². The molecule has 0 heterocycles. The lowest BCUT2D eigenvalue weighted by Gasteiger charge is -2.06. The van der Waals surface area contributed by atoms with E-state index in [4.69, 9.17) is 10.5 Å². The summed E-state index contributed by atoms with van der Waals surface area (Å²) < 4.78 is 5.08. The standard InChI is InChI=1S/C18H19N3O3/c1-12(22)20-14-5-7-15(8-6-14)21-18(23)10-4-13-3-9-17(24-2)16(19)11-13/h3-11H,19H2,1-2H3,(H,20,22)(H,21,23)/b10-4-. The third kappa shape index (κ3) is 4.88. The van der Waals surface area contributed by atoms with Gasteiger partial charge in [-0.1, -0.05) is 6.07 Å². The summed E-state index contributed by atoms with van der Waals surface area (Å²) in [5.74, 6) is 0.181. The number of amides is 2. The number of nitrogens with two attached hydrogens (primary N) is 1. The van der Waals surface area contributed by atoms with Crippen LogP contribution in [0.1, 0.15) is 12.5 Å². The van der Waals surface area contributed by atoms with E-state index in [1.165, 1.54) is 13.0 Å². The van der Waals surface area contributed by atoms with Crippen molar-refractivity contribution in [3.05, 3.63) is 54.1 Å². The number of hydrogen-bond donors (Lipinski definition) is 3. The van der Waals surface area contributed by atoms with E-state index >= 15 is 0 Å². The Kier molecular flexibility index (Phi) is 5.57. The van der Waals surface area contributed by atoms with E-state index in [0.29, 0.717) is 22.8 Å². The Morgan fingerprint density at radius 3 is 2.21 bits per heavy atom. The minimum Gasteiger partial charge on any atom is -0.495 e. The first-order valence-electron chi connectivity index (χ1n) is 7.28. The first-order chi connectivity index (χ1) is 11.5. The van der Waals surface area contributed by atoms with E-state index in [1.807, 2.05) is 0 Å². The van der Waals surface area contributed by atoms with Gasteiger partial charge in [-0.05, 0) is 48.0 Å². The molecule has 0 atom stereocenters. The van der Waals surface area contributed by atoms with Gasteiger partial charge in [0.1, 0.15) is 5.75 Å². The molecule has 2 aromatic rings. The molecule has 0 fully saturated rings. The second-order valence-corrected chi connectivity index (χ2v) is 5.08. The molecule has 6 nitrogen and oxygen atoms in total. The van der Waals surface area contributed by atoms with Crippen LogP contribution in [-0.2, 0) is 9.59 Å². The van der Waals surface area contributed by atoms with E-state index in [-0.39, 0.29) is 11.8 Å². The van der Waals surface area contributed by atoms with Crippen LogP contribution < -0.4 is 21.1 Å². The van der Waals surface area contributed by atoms with Gasteiger partial charge in [0, 0.05) is 24.4 Å². The number of anilines is 3. The van der Waals surface area contributed by atoms with Crippen LogP contribution in [0, 0.1) is 0 Å². The molecule has 2 rings (SSSR count). The normalized spacial score (nSPS) is 10.4. The summed E-state index contributed by atoms with van der Waals surface area (Å²) >= 11 is 0. The molecule has 0 radical (unpaired) electrons. The number of hydrogen-bond acceptors (Lipinski definition) is 4. The quantitative estimate of drug-likeness (QED) is 0.582. The Hall–Kier alpha value is -3.28. The number of benzene rings is 2. The summed E-state index contributed by atoms with van der Waals surface area (Å²) in [6.07, 6.45) is 3.08. The van der Waals surface area contributed by atoms with Crippen LogP contribution in [0.4, 0.5) is 17.1 Å². The Labute approximate surface area is 140 Å². The van der Waals surface area contributed by atoms with Gasteiger partial charge in [-0.25, -0.2) is 0 Å². The fourth-order valence-electron chi connectivity index (χ4n) is 2.05. The molecule has 24 heavy (non-hydrogen) atoms. The zero-order chi connectivity index (χ0) is 17.5. The van der Waals surface area contributed by atoms with Gasteiger partial charge in [-0.15, -0.1) is 0 Å². The molecule has 0 aromatic heterocycles. The van der Waals surface area contributed by atoms with Crippen molar-refractivity contribution in [3.63, 3.8) is 0 Å². The minimum absolute atomic E-state index is 0.145. The van der Waals surface area contributed by atoms with Gasteiger partial charge in [-0.2, -0.15) is 0 Å². The van der Waals surface area contributed by atoms with Gasteiger partial charge in [-0.3, -0.25) is 9.59 Å². The van der Waals surface area contributed by atoms with Crippen molar-refractivity contribution < 1.29 is 14.3 Å². The maximum atomic E-state index is 11.9. The molecule has 0 spiro atoms. The summed E-state index contributed by atoms with van der Waals surface area (Å²) in [7, 11) is 1.55. The molecule has 4 N–H and O–H groups in total. The van der Waals surface area contributed by atoms with Gasteiger partial charge in [0.2, 0.25) is 11.8 Å². The van der Waals surface area contributed by atoms with Crippen molar-refractivity contribution in [1.29, 1.82) is 0 Å². The molecule has 0 aliphatic rings. The highest BCUT2D eigenvalue weighted by atomic mass is 16.5. The zero-order valence-corrected chi connectivity index (χ0v) is 13.5. The summed E-state index contributed by atoms with van der Waals surface area (Å²) in [5.41, 5.74) is 8.43. The van der Waals surface area contributed by atoms with Gasteiger partial charge in [0.15, 0.2) is 0 Å². The van der Waals surface area contributed by atoms with E-state index in [1.54, 1.807) is 55.7 Å². The second-order valence-electron chi connectivity index (χ2n) is 5.08. The Bertz CT molecular complexity index is 768. The molecular formula is C18H19N3O3. The predicted octanol–water partition coefficient (Wildman–Crippen LogP) is 2.89. The summed E-state index contributed by atoms with van der Waals surface area (Å²) in [4.78, 5) is 22.9. The number of nitrogens with one attached hydrogen (secondary N) is 2. The van der Waals surface area contributed by atoms with Crippen LogP contribution in [0.3, 0.4) is 0 Å². The maximum absolute atomic E-state index is 11.9. The Morgan fingerprint density at radius 2 is 1.67 bits per heavy atom. The van der Waals surface area contributed by atoms with Crippen molar-refractivity contribution in [2.24, 2.45) is 0 Å². The maximum Gasteiger partial charge on any atom is 0.248 e. The third-order valence-electron chi connectivity index (χ3n) is 3.15. The van der Waals surface area contributed by atoms with Gasteiger partial charge in [0.05, 0.1) is 12.8 Å². The molecule has 2 amide bonds. The Morgan fingerprint density at radius 1 is 1.04 bits per heavy atom. The average molecular weight is 325 g/mol. The predicted molar refractivity (Wildman–Crippen MR) is 95.8 cm³/mol. The largest absolute Gasteiger partial charge is 0.495 e.